The predicted octanol–water partition coefficient (Wildman–Crippen LogP) is 1.70. The van der Waals surface area contributed by atoms with Crippen molar-refractivity contribution in [2.75, 3.05) is 32.0 Å². The zero-order chi connectivity index (χ0) is 32.5. The molecule has 45 heavy (non-hydrogen) atoms. The number of halogens is 1. The Morgan fingerprint density at radius 3 is 2.58 bits per heavy atom. The fourth-order valence-electron chi connectivity index (χ4n) is 5.96. The van der Waals surface area contributed by atoms with Crippen molar-refractivity contribution >= 4 is 45.9 Å². The molecule has 0 aromatic heterocycles. The first kappa shape index (κ1) is 31.6. The highest BCUT2D eigenvalue weighted by Gasteiger charge is 2.58. The number of nitrogens with one attached hydrogen (secondary N) is 3. The Balaban J connectivity index is 1.36. The lowest BCUT2D eigenvalue weighted by Gasteiger charge is -2.31. The topological polar surface area (TPSA) is 195 Å². The molecule has 1 spiro atoms. The Morgan fingerprint density at radius 1 is 1.16 bits per heavy atom. The summed E-state index contributed by atoms with van der Waals surface area (Å²) < 4.78 is 47.0. The first-order valence-corrected chi connectivity index (χ1v) is 15.5. The summed E-state index contributed by atoms with van der Waals surface area (Å²) in [6, 6.07) is 8.87. The van der Waals surface area contributed by atoms with Gasteiger partial charge in [-0.2, -0.15) is 12.7 Å². The molecule has 4 N–H and O–H groups in total. The zero-order valence-corrected chi connectivity index (χ0v) is 24.9. The number of carboxylic acid groups (broad SMARTS) is 1. The van der Waals surface area contributed by atoms with Crippen molar-refractivity contribution in [2.24, 2.45) is 0 Å². The number of fused-ring (bicyclic) bond motifs is 2. The van der Waals surface area contributed by atoms with Crippen LogP contribution in [0, 0.1) is 5.82 Å². The van der Waals surface area contributed by atoms with Gasteiger partial charge in [0.15, 0.2) is 0 Å². The summed E-state index contributed by atoms with van der Waals surface area (Å²) >= 11 is 0. The number of anilines is 1. The number of hydrogen-bond donors (Lipinski definition) is 4. The minimum absolute atomic E-state index is 0.0189. The fourth-order valence-corrected chi connectivity index (χ4v) is 7.23. The van der Waals surface area contributed by atoms with Gasteiger partial charge in [-0.15, -0.1) is 0 Å². The lowest BCUT2D eigenvalue weighted by atomic mass is 9.94. The second-order valence-electron chi connectivity index (χ2n) is 10.9. The average molecular weight is 647 g/mol. The van der Waals surface area contributed by atoms with Crippen molar-refractivity contribution in [2.45, 2.75) is 43.9 Å². The highest BCUT2D eigenvalue weighted by molar-refractivity contribution is 7.87. The monoisotopic (exact) mass is 646 g/mol. The maximum atomic E-state index is 13.7. The van der Waals surface area contributed by atoms with Gasteiger partial charge in [0.05, 0.1) is 0 Å². The molecule has 2 aromatic rings. The number of amides is 6. The number of urea groups is 1. The van der Waals surface area contributed by atoms with Crippen LogP contribution in [0.25, 0.3) is 0 Å². The molecule has 2 saturated heterocycles. The van der Waals surface area contributed by atoms with Gasteiger partial charge in [-0.25, -0.2) is 28.4 Å². The van der Waals surface area contributed by atoms with E-state index in [0.29, 0.717) is 46.5 Å². The van der Waals surface area contributed by atoms with E-state index in [2.05, 4.69) is 10.6 Å². The Kier molecular flexibility index (Phi) is 8.66. The van der Waals surface area contributed by atoms with Crippen LogP contribution in [0.2, 0.25) is 0 Å². The second-order valence-corrected chi connectivity index (χ2v) is 12.5. The number of carbonyl (C=O) groups excluding carboxylic acids is 4. The number of hydrogen-bond acceptors (Lipinski definition) is 8. The van der Waals surface area contributed by atoms with Gasteiger partial charge in [0.2, 0.25) is 11.5 Å². The normalized spacial score (nSPS) is 21.0. The molecule has 15 nitrogen and oxygen atoms in total. The van der Waals surface area contributed by atoms with E-state index in [1.807, 2.05) is 0 Å². The predicted molar refractivity (Wildman–Crippen MR) is 154 cm³/mol. The summed E-state index contributed by atoms with van der Waals surface area (Å²) in [5, 5.41) is 14.1. The molecular formula is C28H31FN6O9S. The maximum Gasteiger partial charge on any atom is 0.419 e. The standard InChI is InChI=1S/C28H31FN6O9S/c1-30-25(38)31-20-8-9-22-18(13-20)10-11-28(22)24(37)34(27(41)44-28)16-23(36)33(14-17-4-6-19(29)7-5-17)15-21-3-2-12-35(21)45(42,43)32-26(39)40/h4-9,13,21,32H,2-3,10-12,14-16H2,1H3,(H,39,40)(H2,30,31,38)/t21?,28-/m1/s1. The Morgan fingerprint density at radius 2 is 1.89 bits per heavy atom. The third kappa shape index (κ3) is 6.39. The number of nitrogens with zero attached hydrogens (tertiary/aromatic N) is 3. The van der Waals surface area contributed by atoms with E-state index < -0.39 is 64.2 Å². The molecule has 3 aliphatic rings. The van der Waals surface area contributed by atoms with E-state index in [0.717, 1.165) is 4.31 Å². The van der Waals surface area contributed by atoms with Crippen LogP contribution in [0.3, 0.4) is 0 Å². The van der Waals surface area contributed by atoms with E-state index in [9.17, 15) is 36.8 Å². The number of rotatable bonds is 9. The fraction of sp³-hybridized carbons (Fsp3) is 0.393. The zero-order valence-electron chi connectivity index (χ0n) is 24.1. The Hall–Kier alpha value is -4.77. The molecule has 17 heteroatoms. The molecular weight excluding hydrogens is 615 g/mol. The molecule has 2 atom stereocenters. The smallest absolute Gasteiger partial charge is 0.419 e. The molecule has 2 fully saturated rings. The minimum Gasteiger partial charge on any atom is -0.464 e. The van der Waals surface area contributed by atoms with Gasteiger partial charge in [-0.05, 0) is 54.7 Å². The third-order valence-electron chi connectivity index (χ3n) is 8.06. The summed E-state index contributed by atoms with van der Waals surface area (Å²) in [5.41, 5.74) is 0.469. The van der Waals surface area contributed by atoms with Crippen molar-refractivity contribution < 1.29 is 46.6 Å². The van der Waals surface area contributed by atoms with Crippen LogP contribution in [0.1, 0.15) is 36.0 Å². The molecule has 1 aliphatic carbocycles. The molecule has 6 amide bonds. The highest BCUT2D eigenvalue weighted by atomic mass is 32.2. The van der Waals surface area contributed by atoms with E-state index in [1.165, 1.54) is 40.9 Å². The number of aryl methyl sites for hydroxylation is 1. The van der Waals surface area contributed by atoms with Crippen LogP contribution in [0.5, 0.6) is 0 Å². The quantitative estimate of drug-likeness (QED) is 0.314. The second kappa shape index (κ2) is 12.3. The molecule has 240 valence electrons. The molecule has 2 heterocycles. The minimum atomic E-state index is -4.42. The Labute approximate surface area is 257 Å². The van der Waals surface area contributed by atoms with Crippen LogP contribution in [-0.4, -0.2) is 90.4 Å². The van der Waals surface area contributed by atoms with Crippen molar-refractivity contribution in [1.29, 1.82) is 0 Å². The van der Waals surface area contributed by atoms with Crippen molar-refractivity contribution in [1.82, 2.24) is 24.1 Å². The van der Waals surface area contributed by atoms with Gasteiger partial charge < -0.3 is 25.4 Å². The largest absolute Gasteiger partial charge is 0.464 e. The number of benzene rings is 2. The van der Waals surface area contributed by atoms with E-state index >= 15 is 0 Å². The van der Waals surface area contributed by atoms with Crippen molar-refractivity contribution in [3.63, 3.8) is 0 Å². The number of imide groups is 1. The number of carbonyl (C=O) groups is 5. The Bertz CT molecular complexity index is 1650. The molecule has 0 saturated carbocycles. The summed E-state index contributed by atoms with van der Waals surface area (Å²) in [7, 11) is -2.96. The van der Waals surface area contributed by atoms with E-state index in [4.69, 9.17) is 9.84 Å². The van der Waals surface area contributed by atoms with Crippen LogP contribution in [0.15, 0.2) is 42.5 Å². The molecule has 2 aliphatic heterocycles. The van der Waals surface area contributed by atoms with Gasteiger partial charge in [-0.1, -0.05) is 18.2 Å². The van der Waals surface area contributed by atoms with Crippen LogP contribution >= 0.6 is 0 Å². The van der Waals surface area contributed by atoms with Crippen molar-refractivity contribution in [3.05, 3.63) is 65.0 Å². The van der Waals surface area contributed by atoms with Crippen LogP contribution in [0.4, 0.5) is 24.5 Å². The molecule has 5 rings (SSSR count). The lowest BCUT2D eigenvalue weighted by molar-refractivity contribution is -0.142. The first-order chi connectivity index (χ1) is 21.3. The van der Waals surface area contributed by atoms with Gasteiger partial charge in [0, 0.05) is 50.4 Å². The summed E-state index contributed by atoms with van der Waals surface area (Å²) in [6.07, 6.45) is -1.56. The highest BCUT2D eigenvalue weighted by Crippen LogP contribution is 2.46. The molecule has 0 bridgehead atoms. The van der Waals surface area contributed by atoms with E-state index in [1.54, 1.807) is 18.2 Å². The average Bonchev–Trinajstić information content (AvgIpc) is 3.66. The summed E-state index contributed by atoms with van der Waals surface area (Å²) in [5.74, 6) is -1.95. The van der Waals surface area contributed by atoms with Gasteiger partial charge in [0.1, 0.15) is 12.4 Å². The molecule has 2 aromatic carbocycles. The van der Waals surface area contributed by atoms with Gasteiger partial charge in [0.25, 0.3) is 5.91 Å². The summed E-state index contributed by atoms with van der Waals surface area (Å²) in [4.78, 5) is 65.3. The SMILES string of the molecule is CNC(=O)Nc1ccc2c(c1)CC[C@@]21OC(=O)N(CC(=O)N(Cc2ccc(F)cc2)CC2CCCN2S(=O)(=O)NC(=O)O)C1=O. The van der Waals surface area contributed by atoms with Crippen LogP contribution < -0.4 is 15.4 Å². The lowest BCUT2D eigenvalue weighted by Crippen LogP contribution is -2.51. The maximum absolute atomic E-state index is 13.7. The van der Waals surface area contributed by atoms with Crippen LogP contribution in [-0.2, 0) is 43.1 Å². The van der Waals surface area contributed by atoms with Gasteiger partial charge >= 0.3 is 28.4 Å². The van der Waals surface area contributed by atoms with Crippen molar-refractivity contribution in [3.8, 4) is 0 Å². The molecule has 1 unspecified atom stereocenters. The first-order valence-electron chi connectivity index (χ1n) is 14.0. The molecule has 0 radical (unpaired) electrons. The van der Waals surface area contributed by atoms with Gasteiger partial charge in [-0.3, -0.25) is 9.59 Å². The van der Waals surface area contributed by atoms with E-state index in [-0.39, 0.29) is 26.1 Å². The number of ether oxygens (including phenoxy) is 1. The summed E-state index contributed by atoms with van der Waals surface area (Å²) in [6.45, 7) is -0.991. The third-order valence-corrected chi connectivity index (χ3v) is 9.59.